The Labute approximate surface area is 148 Å². The number of ether oxygens (including phenoxy) is 2. The molecule has 1 saturated heterocycles. The first-order valence-electron chi connectivity index (χ1n) is 8.34. The molecule has 2 amide bonds. The largest absolute Gasteiger partial charge is 0.486 e. The number of fused-ring (bicyclic) bond motifs is 1. The smallest absolute Gasteiger partial charge is 0.247 e. The number of benzene rings is 1. The second-order valence-electron chi connectivity index (χ2n) is 6.43. The Bertz CT molecular complexity index is 689. The zero-order valence-electron chi connectivity index (χ0n) is 13.2. The first kappa shape index (κ1) is 15.7. The number of carbonyl (C=O) groups is 2. The van der Waals surface area contributed by atoms with Crippen LogP contribution in [-0.4, -0.2) is 42.5 Å². The van der Waals surface area contributed by atoms with Gasteiger partial charge in [0.25, 0.3) is 0 Å². The van der Waals surface area contributed by atoms with Gasteiger partial charge in [0, 0.05) is 29.1 Å². The van der Waals surface area contributed by atoms with Crippen molar-refractivity contribution >= 4 is 33.4 Å². The molecular formula is C17H19BrN2O4. The lowest BCUT2D eigenvalue weighted by atomic mass is 10.2. The van der Waals surface area contributed by atoms with Crippen LogP contribution in [0.25, 0.3) is 0 Å². The molecule has 128 valence electrons. The zero-order valence-corrected chi connectivity index (χ0v) is 14.8. The normalized spacial score (nSPS) is 22.4. The SMILES string of the molecule is O=C(Nc1cc2c(cc1Br)OCCO2)[C@H]1CCCN1C(=O)C1CC1. The molecule has 0 aromatic heterocycles. The van der Waals surface area contributed by atoms with Gasteiger partial charge in [-0.1, -0.05) is 0 Å². The molecule has 1 atom stereocenters. The van der Waals surface area contributed by atoms with Crippen LogP contribution in [0.3, 0.4) is 0 Å². The van der Waals surface area contributed by atoms with Crippen LogP contribution in [0, 0.1) is 5.92 Å². The second kappa shape index (κ2) is 6.27. The molecule has 2 heterocycles. The zero-order chi connectivity index (χ0) is 16.7. The lowest BCUT2D eigenvalue weighted by Crippen LogP contribution is -2.43. The first-order valence-corrected chi connectivity index (χ1v) is 9.13. The standard InChI is InChI=1S/C17H19BrN2O4/c18-11-8-14-15(24-7-6-23-14)9-12(11)19-16(21)13-2-1-5-20(13)17(22)10-3-4-10/h8-10,13H,1-7H2,(H,19,21)/t13-/m1/s1. The molecule has 7 heteroatoms. The number of likely N-dealkylation sites (tertiary alicyclic amines) is 1. The third-order valence-electron chi connectivity index (χ3n) is 4.65. The van der Waals surface area contributed by atoms with Gasteiger partial charge in [-0.15, -0.1) is 0 Å². The van der Waals surface area contributed by atoms with E-state index in [1.165, 1.54) is 0 Å². The molecule has 0 radical (unpaired) electrons. The van der Waals surface area contributed by atoms with Crippen molar-refractivity contribution < 1.29 is 19.1 Å². The summed E-state index contributed by atoms with van der Waals surface area (Å²) in [5.74, 6) is 1.42. The van der Waals surface area contributed by atoms with Gasteiger partial charge in [0.05, 0.1) is 5.69 Å². The molecule has 6 nitrogen and oxygen atoms in total. The van der Waals surface area contributed by atoms with Crippen molar-refractivity contribution in [1.82, 2.24) is 4.90 Å². The summed E-state index contributed by atoms with van der Waals surface area (Å²) in [5.41, 5.74) is 0.634. The van der Waals surface area contributed by atoms with Crippen LogP contribution in [0.1, 0.15) is 25.7 Å². The fourth-order valence-electron chi connectivity index (χ4n) is 3.24. The van der Waals surface area contributed by atoms with Crippen molar-refractivity contribution in [3.8, 4) is 11.5 Å². The Hall–Kier alpha value is -1.76. The quantitative estimate of drug-likeness (QED) is 0.855. The molecule has 1 saturated carbocycles. The molecule has 0 unspecified atom stereocenters. The minimum absolute atomic E-state index is 0.133. The van der Waals surface area contributed by atoms with E-state index >= 15 is 0 Å². The van der Waals surface area contributed by atoms with Crippen molar-refractivity contribution in [3.05, 3.63) is 16.6 Å². The van der Waals surface area contributed by atoms with Crippen LogP contribution < -0.4 is 14.8 Å². The molecule has 1 N–H and O–H groups in total. The topological polar surface area (TPSA) is 67.9 Å². The first-order chi connectivity index (χ1) is 11.6. The van der Waals surface area contributed by atoms with E-state index in [9.17, 15) is 9.59 Å². The van der Waals surface area contributed by atoms with Gasteiger partial charge < -0.3 is 19.7 Å². The van der Waals surface area contributed by atoms with Gasteiger partial charge in [-0.3, -0.25) is 9.59 Å². The van der Waals surface area contributed by atoms with Crippen LogP contribution in [0.2, 0.25) is 0 Å². The summed E-state index contributed by atoms with van der Waals surface area (Å²) in [4.78, 5) is 26.8. The number of hydrogen-bond acceptors (Lipinski definition) is 4. The molecule has 2 fully saturated rings. The van der Waals surface area contributed by atoms with E-state index in [1.54, 1.807) is 17.0 Å². The van der Waals surface area contributed by atoms with Crippen LogP contribution >= 0.6 is 15.9 Å². The van der Waals surface area contributed by atoms with E-state index in [-0.39, 0.29) is 23.8 Å². The molecule has 24 heavy (non-hydrogen) atoms. The predicted molar refractivity (Wildman–Crippen MR) is 91.2 cm³/mol. The molecule has 3 aliphatic rings. The summed E-state index contributed by atoms with van der Waals surface area (Å²) < 4.78 is 11.8. The van der Waals surface area contributed by atoms with E-state index in [4.69, 9.17) is 9.47 Å². The fraction of sp³-hybridized carbons (Fsp3) is 0.529. The summed E-state index contributed by atoms with van der Waals surface area (Å²) >= 11 is 3.46. The molecule has 4 rings (SSSR count). The van der Waals surface area contributed by atoms with E-state index in [0.29, 0.717) is 43.4 Å². The Balaban J connectivity index is 1.50. The highest BCUT2D eigenvalue weighted by atomic mass is 79.9. The summed E-state index contributed by atoms with van der Waals surface area (Å²) in [6.07, 6.45) is 3.50. The molecule has 0 bridgehead atoms. The molecular weight excluding hydrogens is 376 g/mol. The number of hydrogen-bond donors (Lipinski definition) is 1. The van der Waals surface area contributed by atoms with Crippen molar-refractivity contribution in [2.45, 2.75) is 31.7 Å². The summed E-state index contributed by atoms with van der Waals surface area (Å²) in [6, 6.07) is 3.18. The molecule has 1 aliphatic carbocycles. The van der Waals surface area contributed by atoms with Gasteiger partial charge in [-0.05, 0) is 41.6 Å². The number of halogens is 1. The molecule has 1 aromatic rings. The maximum absolute atomic E-state index is 12.7. The maximum Gasteiger partial charge on any atom is 0.247 e. The Morgan fingerprint density at radius 3 is 2.54 bits per heavy atom. The van der Waals surface area contributed by atoms with E-state index in [2.05, 4.69) is 21.2 Å². The second-order valence-corrected chi connectivity index (χ2v) is 7.28. The number of anilines is 1. The van der Waals surface area contributed by atoms with Gasteiger partial charge in [-0.2, -0.15) is 0 Å². The highest BCUT2D eigenvalue weighted by Gasteiger charge is 2.41. The maximum atomic E-state index is 12.7. The molecule has 2 aliphatic heterocycles. The Kier molecular flexibility index (Phi) is 4.12. The summed E-state index contributed by atoms with van der Waals surface area (Å²) in [7, 11) is 0. The fourth-order valence-corrected chi connectivity index (χ4v) is 3.67. The monoisotopic (exact) mass is 394 g/mol. The van der Waals surface area contributed by atoms with Gasteiger partial charge in [-0.25, -0.2) is 0 Å². The van der Waals surface area contributed by atoms with Crippen molar-refractivity contribution in [2.75, 3.05) is 25.1 Å². The van der Waals surface area contributed by atoms with Gasteiger partial charge in [0.1, 0.15) is 19.3 Å². The van der Waals surface area contributed by atoms with Crippen molar-refractivity contribution in [3.63, 3.8) is 0 Å². The Morgan fingerprint density at radius 1 is 1.12 bits per heavy atom. The lowest BCUT2D eigenvalue weighted by Gasteiger charge is -2.25. The van der Waals surface area contributed by atoms with E-state index < -0.39 is 0 Å². The van der Waals surface area contributed by atoms with Gasteiger partial charge in [0.15, 0.2) is 11.5 Å². The number of nitrogens with zero attached hydrogens (tertiary/aromatic N) is 1. The Morgan fingerprint density at radius 2 is 1.83 bits per heavy atom. The number of amides is 2. The van der Waals surface area contributed by atoms with Crippen LogP contribution in [0.15, 0.2) is 16.6 Å². The highest BCUT2D eigenvalue weighted by molar-refractivity contribution is 9.10. The number of carbonyl (C=O) groups excluding carboxylic acids is 2. The number of nitrogens with one attached hydrogen (secondary N) is 1. The minimum atomic E-state index is -0.377. The third kappa shape index (κ3) is 2.97. The number of rotatable bonds is 3. The van der Waals surface area contributed by atoms with E-state index in [1.807, 2.05) is 0 Å². The summed E-state index contributed by atoms with van der Waals surface area (Å²) in [6.45, 7) is 1.69. The summed E-state index contributed by atoms with van der Waals surface area (Å²) in [5, 5.41) is 2.93. The van der Waals surface area contributed by atoms with Crippen molar-refractivity contribution in [2.24, 2.45) is 5.92 Å². The van der Waals surface area contributed by atoms with Crippen LogP contribution in [0.5, 0.6) is 11.5 Å². The molecule has 0 spiro atoms. The minimum Gasteiger partial charge on any atom is -0.486 e. The van der Waals surface area contributed by atoms with E-state index in [0.717, 1.165) is 23.7 Å². The van der Waals surface area contributed by atoms with Crippen molar-refractivity contribution in [1.29, 1.82) is 0 Å². The third-order valence-corrected chi connectivity index (χ3v) is 5.31. The average molecular weight is 395 g/mol. The van der Waals surface area contributed by atoms with Gasteiger partial charge in [0.2, 0.25) is 11.8 Å². The lowest BCUT2D eigenvalue weighted by molar-refractivity contribution is -0.137. The highest BCUT2D eigenvalue weighted by Crippen LogP contribution is 2.39. The predicted octanol–water partition coefficient (Wildman–Crippen LogP) is 2.56. The van der Waals surface area contributed by atoms with Crippen LogP contribution in [-0.2, 0) is 9.59 Å². The molecule has 1 aromatic carbocycles. The average Bonchev–Trinajstić information content (AvgIpc) is 3.31. The van der Waals surface area contributed by atoms with Gasteiger partial charge >= 0.3 is 0 Å². The van der Waals surface area contributed by atoms with Crippen LogP contribution in [0.4, 0.5) is 5.69 Å².